The molecule has 1 aromatic heterocycles. The van der Waals surface area contributed by atoms with Crippen LogP contribution >= 0.6 is 11.3 Å². The van der Waals surface area contributed by atoms with Gasteiger partial charge >= 0.3 is 5.97 Å². The number of hydrogen-bond donors (Lipinski definition) is 1. The highest BCUT2D eigenvalue weighted by molar-refractivity contribution is 7.91. The number of amides is 1. The van der Waals surface area contributed by atoms with Gasteiger partial charge in [-0.05, 0) is 24.6 Å². The van der Waals surface area contributed by atoms with Gasteiger partial charge in [0.2, 0.25) is 0 Å². The highest BCUT2D eigenvalue weighted by Crippen LogP contribution is 2.42. The third-order valence-electron chi connectivity index (χ3n) is 4.46. The van der Waals surface area contributed by atoms with Crippen molar-refractivity contribution in [3.05, 3.63) is 40.8 Å². The fourth-order valence-electron chi connectivity index (χ4n) is 3.18. The molecular weight excluding hydrogens is 390 g/mol. The molecule has 7 nitrogen and oxygen atoms in total. The number of esters is 1. The zero-order valence-electron chi connectivity index (χ0n) is 14.3. The molecule has 3 heterocycles. The Labute approximate surface area is 160 Å². The van der Waals surface area contributed by atoms with E-state index in [1.165, 1.54) is 11.3 Å². The Hall–Kier alpha value is -2.39. The molecule has 0 saturated carbocycles. The van der Waals surface area contributed by atoms with Gasteiger partial charge in [-0.3, -0.25) is 4.79 Å². The summed E-state index contributed by atoms with van der Waals surface area (Å²) in [5.41, 5.74) is 1.84. The van der Waals surface area contributed by atoms with E-state index in [0.717, 1.165) is 21.8 Å². The standard InChI is InChI=1S/C18H17NO6S2/c20-16(19-12-5-6-27(22,23)10-12)9-25-18(21)15-7-11-8-24-14-4-2-1-3-13(14)17(11)26-15/h1-4,7,12H,5-6,8-10H2,(H,19,20)/t12-/m0/s1. The predicted octanol–water partition coefficient (Wildman–Crippen LogP) is 1.77. The van der Waals surface area contributed by atoms with Gasteiger partial charge in [-0.1, -0.05) is 12.1 Å². The van der Waals surface area contributed by atoms with E-state index in [-0.39, 0.29) is 11.5 Å². The highest BCUT2D eigenvalue weighted by Gasteiger charge is 2.29. The van der Waals surface area contributed by atoms with Gasteiger partial charge in [0.1, 0.15) is 17.2 Å². The van der Waals surface area contributed by atoms with Crippen LogP contribution in [0.3, 0.4) is 0 Å². The quantitative estimate of drug-likeness (QED) is 0.776. The molecule has 0 radical (unpaired) electrons. The molecule has 1 N–H and O–H groups in total. The lowest BCUT2D eigenvalue weighted by Gasteiger charge is -2.16. The second kappa shape index (κ2) is 6.97. The summed E-state index contributed by atoms with van der Waals surface area (Å²) >= 11 is 1.30. The number of rotatable bonds is 4. The summed E-state index contributed by atoms with van der Waals surface area (Å²) in [5, 5.41) is 2.59. The fraction of sp³-hybridized carbons (Fsp3) is 0.333. The normalized spacial score (nSPS) is 19.5. The molecule has 27 heavy (non-hydrogen) atoms. The van der Waals surface area contributed by atoms with Crippen LogP contribution in [0.5, 0.6) is 5.75 Å². The molecule has 2 aromatic rings. The summed E-state index contributed by atoms with van der Waals surface area (Å²) < 4.78 is 33.6. The predicted molar refractivity (Wildman–Crippen MR) is 99.6 cm³/mol. The van der Waals surface area contributed by atoms with Crippen LogP contribution in [0.2, 0.25) is 0 Å². The molecule has 1 amide bonds. The molecule has 9 heteroatoms. The largest absolute Gasteiger partial charge is 0.488 e. The van der Waals surface area contributed by atoms with Gasteiger partial charge in [0.05, 0.1) is 11.5 Å². The van der Waals surface area contributed by atoms with Gasteiger partial charge in [0.25, 0.3) is 5.91 Å². The van der Waals surface area contributed by atoms with Crippen molar-refractivity contribution in [2.75, 3.05) is 18.1 Å². The number of hydrogen-bond acceptors (Lipinski definition) is 7. The molecule has 2 aliphatic rings. The van der Waals surface area contributed by atoms with Crippen LogP contribution in [-0.2, 0) is 26.0 Å². The minimum Gasteiger partial charge on any atom is -0.488 e. The number of ether oxygens (including phenoxy) is 2. The highest BCUT2D eigenvalue weighted by atomic mass is 32.2. The molecular formula is C18H17NO6S2. The van der Waals surface area contributed by atoms with Gasteiger partial charge in [-0.25, -0.2) is 13.2 Å². The first kappa shape index (κ1) is 18.0. The van der Waals surface area contributed by atoms with Crippen molar-refractivity contribution in [2.45, 2.75) is 19.1 Å². The van der Waals surface area contributed by atoms with E-state index in [1.54, 1.807) is 6.07 Å². The molecule has 1 atom stereocenters. The van der Waals surface area contributed by atoms with Crippen molar-refractivity contribution >= 4 is 33.1 Å². The number of sulfone groups is 1. The SMILES string of the molecule is O=C(COC(=O)c1cc2c(s1)-c1ccccc1OC2)N[C@H]1CCS(=O)(=O)C1. The van der Waals surface area contributed by atoms with E-state index in [2.05, 4.69) is 5.32 Å². The first-order chi connectivity index (χ1) is 12.9. The van der Waals surface area contributed by atoms with Crippen LogP contribution in [-0.4, -0.2) is 44.4 Å². The number of benzene rings is 1. The van der Waals surface area contributed by atoms with Crippen LogP contribution < -0.4 is 10.1 Å². The van der Waals surface area contributed by atoms with Gasteiger partial charge in [-0.2, -0.15) is 0 Å². The van der Waals surface area contributed by atoms with Crippen molar-refractivity contribution in [1.29, 1.82) is 0 Å². The second-order valence-corrected chi connectivity index (χ2v) is 9.77. The number of carbonyl (C=O) groups is 2. The molecule has 0 unspecified atom stereocenters. The maximum Gasteiger partial charge on any atom is 0.348 e. The Kier molecular flexibility index (Phi) is 4.65. The number of thiophene rings is 1. The molecule has 0 spiro atoms. The van der Waals surface area contributed by atoms with E-state index < -0.39 is 34.4 Å². The summed E-state index contributed by atoms with van der Waals surface area (Å²) in [7, 11) is -3.07. The maximum atomic E-state index is 12.3. The number of fused-ring (bicyclic) bond motifs is 3. The average molecular weight is 407 g/mol. The second-order valence-electron chi connectivity index (χ2n) is 6.49. The number of carbonyl (C=O) groups excluding carboxylic acids is 2. The van der Waals surface area contributed by atoms with Crippen molar-refractivity contribution in [1.82, 2.24) is 5.32 Å². The Balaban J connectivity index is 1.37. The lowest BCUT2D eigenvalue weighted by Crippen LogP contribution is -2.38. The van der Waals surface area contributed by atoms with Gasteiger partial charge < -0.3 is 14.8 Å². The molecule has 2 aliphatic heterocycles. The smallest absolute Gasteiger partial charge is 0.348 e. The van der Waals surface area contributed by atoms with E-state index in [0.29, 0.717) is 17.9 Å². The first-order valence-corrected chi connectivity index (χ1v) is 11.1. The molecule has 142 valence electrons. The molecule has 0 bridgehead atoms. The molecule has 1 saturated heterocycles. The van der Waals surface area contributed by atoms with Gasteiger partial charge in [0.15, 0.2) is 16.4 Å². The summed E-state index contributed by atoms with van der Waals surface area (Å²) in [4.78, 5) is 25.6. The van der Waals surface area contributed by atoms with E-state index in [9.17, 15) is 18.0 Å². The van der Waals surface area contributed by atoms with Crippen molar-refractivity contribution in [3.8, 4) is 16.2 Å². The third kappa shape index (κ3) is 3.84. The van der Waals surface area contributed by atoms with Crippen LogP contribution in [0, 0.1) is 0 Å². The summed E-state index contributed by atoms with van der Waals surface area (Å²) in [6.07, 6.45) is 0.388. The zero-order chi connectivity index (χ0) is 19.0. The summed E-state index contributed by atoms with van der Waals surface area (Å²) in [5.74, 6) is -0.301. The van der Waals surface area contributed by atoms with E-state index in [4.69, 9.17) is 9.47 Å². The van der Waals surface area contributed by atoms with Crippen LogP contribution in [0.25, 0.3) is 10.4 Å². The van der Waals surface area contributed by atoms with Gasteiger partial charge in [-0.15, -0.1) is 11.3 Å². The lowest BCUT2D eigenvalue weighted by molar-refractivity contribution is -0.124. The fourth-order valence-corrected chi connectivity index (χ4v) is 5.94. The van der Waals surface area contributed by atoms with Crippen molar-refractivity contribution < 1.29 is 27.5 Å². The maximum absolute atomic E-state index is 12.3. The van der Waals surface area contributed by atoms with Crippen LogP contribution in [0.15, 0.2) is 30.3 Å². The minimum atomic E-state index is -3.07. The minimum absolute atomic E-state index is 0.0657. The zero-order valence-corrected chi connectivity index (χ0v) is 15.9. The molecule has 1 fully saturated rings. The van der Waals surface area contributed by atoms with Crippen molar-refractivity contribution in [3.63, 3.8) is 0 Å². The Bertz CT molecular complexity index is 1010. The lowest BCUT2D eigenvalue weighted by atomic mass is 10.1. The molecule has 1 aromatic carbocycles. The van der Waals surface area contributed by atoms with E-state index >= 15 is 0 Å². The van der Waals surface area contributed by atoms with Crippen LogP contribution in [0.1, 0.15) is 21.7 Å². The monoisotopic (exact) mass is 407 g/mol. The first-order valence-electron chi connectivity index (χ1n) is 8.43. The van der Waals surface area contributed by atoms with Crippen LogP contribution in [0.4, 0.5) is 0 Å². The van der Waals surface area contributed by atoms with Crippen molar-refractivity contribution in [2.24, 2.45) is 0 Å². The topological polar surface area (TPSA) is 98.8 Å². The average Bonchev–Trinajstić information content (AvgIpc) is 3.22. The van der Waals surface area contributed by atoms with E-state index in [1.807, 2.05) is 24.3 Å². The third-order valence-corrected chi connectivity index (χ3v) is 7.42. The summed E-state index contributed by atoms with van der Waals surface area (Å²) in [6.45, 7) is -0.0577. The Morgan fingerprint density at radius 1 is 1.30 bits per heavy atom. The molecule has 4 rings (SSSR count). The summed E-state index contributed by atoms with van der Waals surface area (Å²) in [6, 6.07) is 8.92. The Morgan fingerprint density at radius 3 is 2.89 bits per heavy atom. The number of nitrogens with one attached hydrogen (secondary N) is 1. The Morgan fingerprint density at radius 2 is 2.11 bits per heavy atom. The van der Waals surface area contributed by atoms with Gasteiger partial charge in [0, 0.05) is 22.0 Å². The molecule has 0 aliphatic carbocycles. The number of para-hydroxylation sites is 1.